The molecule has 1 rings (SSSR count). The fourth-order valence-electron chi connectivity index (χ4n) is 2.81. The summed E-state index contributed by atoms with van der Waals surface area (Å²) in [6.07, 6.45) is 7.53. The SMILES string of the molecule is CCCCCCCC(O)Cc1cccc(C(C)C)c1OC. The molecule has 120 valence electrons. The molecule has 1 atom stereocenters. The van der Waals surface area contributed by atoms with Crippen LogP contribution < -0.4 is 4.74 Å². The second-order valence-corrected chi connectivity index (χ2v) is 6.26. The molecule has 1 unspecified atom stereocenters. The molecule has 0 aliphatic heterocycles. The van der Waals surface area contributed by atoms with Gasteiger partial charge in [0.05, 0.1) is 13.2 Å². The van der Waals surface area contributed by atoms with E-state index in [4.69, 9.17) is 4.74 Å². The summed E-state index contributed by atoms with van der Waals surface area (Å²) in [4.78, 5) is 0. The molecule has 0 bridgehead atoms. The molecule has 0 saturated carbocycles. The van der Waals surface area contributed by atoms with Crippen molar-refractivity contribution < 1.29 is 9.84 Å². The first-order valence-electron chi connectivity index (χ1n) is 8.44. The Morgan fingerprint density at radius 3 is 2.43 bits per heavy atom. The number of rotatable bonds is 10. The molecule has 2 nitrogen and oxygen atoms in total. The van der Waals surface area contributed by atoms with E-state index in [1.807, 2.05) is 0 Å². The molecule has 0 amide bonds. The van der Waals surface area contributed by atoms with Crippen LogP contribution >= 0.6 is 0 Å². The molecule has 0 aliphatic carbocycles. The molecular weight excluding hydrogens is 260 g/mol. The average molecular weight is 292 g/mol. The molecule has 0 radical (unpaired) electrons. The van der Waals surface area contributed by atoms with Crippen molar-refractivity contribution in [1.82, 2.24) is 0 Å². The van der Waals surface area contributed by atoms with Crippen LogP contribution in [0.5, 0.6) is 5.75 Å². The van der Waals surface area contributed by atoms with E-state index < -0.39 is 0 Å². The second-order valence-electron chi connectivity index (χ2n) is 6.26. The number of aliphatic hydroxyl groups is 1. The molecule has 2 heteroatoms. The van der Waals surface area contributed by atoms with Crippen LogP contribution in [0.25, 0.3) is 0 Å². The van der Waals surface area contributed by atoms with Crippen LogP contribution in [0, 0.1) is 0 Å². The monoisotopic (exact) mass is 292 g/mol. The zero-order chi connectivity index (χ0) is 15.7. The van der Waals surface area contributed by atoms with Crippen LogP contribution in [0.2, 0.25) is 0 Å². The molecule has 0 aliphatic rings. The van der Waals surface area contributed by atoms with Gasteiger partial charge in [0.1, 0.15) is 5.75 Å². The lowest BCUT2D eigenvalue weighted by atomic mass is 9.95. The molecule has 1 aromatic carbocycles. The molecule has 21 heavy (non-hydrogen) atoms. The first-order chi connectivity index (χ1) is 10.1. The molecule has 1 aromatic rings. The van der Waals surface area contributed by atoms with Gasteiger partial charge in [0.15, 0.2) is 0 Å². The number of para-hydroxylation sites is 1. The summed E-state index contributed by atoms with van der Waals surface area (Å²) < 4.78 is 5.59. The molecule has 0 aromatic heterocycles. The number of ether oxygens (including phenoxy) is 1. The summed E-state index contributed by atoms with van der Waals surface area (Å²) in [5.74, 6) is 1.39. The number of hydrogen-bond donors (Lipinski definition) is 1. The molecular formula is C19H32O2. The normalized spacial score (nSPS) is 12.7. The highest BCUT2D eigenvalue weighted by molar-refractivity contribution is 5.43. The molecule has 0 heterocycles. The van der Waals surface area contributed by atoms with Crippen molar-refractivity contribution in [2.45, 2.75) is 77.7 Å². The van der Waals surface area contributed by atoms with Crippen LogP contribution in [-0.2, 0) is 6.42 Å². The number of benzene rings is 1. The van der Waals surface area contributed by atoms with Gasteiger partial charge in [-0.3, -0.25) is 0 Å². The lowest BCUT2D eigenvalue weighted by Gasteiger charge is -2.18. The van der Waals surface area contributed by atoms with Crippen molar-refractivity contribution in [1.29, 1.82) is 0 Å². The smallest absolute Gasteiger partial charge is 0.125 e. The zero-order valence-corrected chi connectivity index (χ0v) is 14.2. The summed E-state index contributed by atoms with van der Waals surface area (Å²) in [6, 6.07) is 6.26. The third-order valence-corrected chi connectivity index (χ3v) is 4.05. The Bertz CT molecular complexity index is 399. The van der Waals surface area contributed by atoms with Gasteiger partial charge >= 0.3 is 0 Å². The van der Waals surface area contributed by atoms with Gasteiger partial charge in [-0.2, -0.15) is 0 Å². The van der Waals surface area contributed by atoms with Crippen LogP contribution in [0.3, 0.4) is 0 Å². The summed E-state index contributed by atoms with van der Waals surface area (Å²) in [7, 11) is 1.72. The van der Waals surface area contributed by atoms with E-state index in [-0.39, 0.29) is 6.10 Å². The highest BCUT2D eigenvalue weighted by Gasteiger charge is 2.14. The fourth-order valence-corrected chi connectivity index (χ4v) is 2.81. The standard InChI is InChI=1S/C19H32O2/c1-5-6-7-8-9-12-17(20)14-16-11-10-13-18(15(2)3)19(16)21-4/h10-11,13,15,17,20H,5-9,12,14H2,1-4H3. The van der Waals surface area contributed by atoms with E-state index in [9.17, 15) is 5.11 Å². The van der Waals surface area contributed by atoms with Crippen molar-refractivity contribution in [3.8, 4) is 5.75 Å². The van der Waals surface area contributed by atoms with E-state index >= 15 is 0 Å². The number of hydrogen-bond acceptors (Lipinski definition) is 2. The van der Waals surface area contributed by atoms with E-state index in [1.54, 1.807) is 7.11 Å². The van der Waals surface area contributed by atoms with Gasteiger partial charge in [0.2, 0.25) is 0 Å². The first-order valence-corrected chi connectivity index (χ1v) is 8.44. The predicted octanol–water partition coefficient (Wildman–Crippen LogP) is 5.08. The third-order valence-electron chi connectivity index (χ3n) is 4.05. The van der Waals surface area contributed by atoms with Crippen LogP contribution in [0.4, 0.5) is 0 Å². The van der Waals surface area contributed by atoms with Crippen LogP contribution in [0.15, 0.2) is 18.2 Å². The molecule has 0 saturated heterocycles. The lowest BCUT2D eigenvalue weighted by molar-refractivity contribution is 0.160. The van der Waals surface area contributed by atoms with Crippen molar-refractivity contribution in [3.63, 3.8) is 0 Å². The van der Waals surface area contributed by atoms with Crippen molar-refractivity contribution in [3.05, 3.63) is 29.3 Å². The Morgan fingerprint density at radius 2 is 1.81 bits per heavy atom. The highest BCUT2D eigenvalue weighted by Crippen LogP contribution is 2.31. The minimum absolute atomic E-state index is 0.261. The Hall–Kier alpha value is -1.02. The maximum atomic E-state index is 10.3. The number of methoxy groups -OCH3 is 1. The summed E-state index contributed by atoms with van der Waals surface area (Å²) in [5.41, 5.74) is 2.36. The van der Waals surface area contributed by atoms with Crippen LogP contribution in [-0.4, -0.2) is 18.3 Å². The van der Waals surface area contributed by atoms with Crippen molar-refractivity contribution in [2.75, 3.05) is 7.11 Å². The number of unbranched alkanes of at least 4 members (excludes halogenated alkanes) is 4. The Labute approximate surface area is 130 Å². The minimum atomic E-state index is -0.261. The predicted molar refractivity (Wildman–Crippen MR) is 90.2 cm³/mol. The van der Waals surface area contributed by atoms with Gasteiger partial charge in [-0.15, -0.1) is 0 Å². The quantitative estimate of drug-likeness (QED) is 0.609. The van der Waals surface area contributed by atoms with Gasteiger partial charge in [0.25, 0.3) is 0 Å². The summed E-state index contributed by atoms with van der Waals surface area (Å²) in [6.45, 7) is 6.57. The highest BCUT2D eigenvalue weighted by atomic mass is 16.5. The third kappa shape index (κ3) is 6.09. The second kappa shape index (κ2) is 9.83. The maximum Gasteiger partial charge on any atom is 0.125 e. The average Bonchev–Trinajstić information content (AvgIpc) is 2.46. The van der Waals surface area contributed by atoms with Gasteiger partial charge in [-0.05, 0) is 23.5 Å². The summed E-state index contributed by atoms with van der Waals surface area (Å²) in [5, 5.41) is 10.3. The zero-order valence-electron chi connectivity index (χ0n) is 14.2. The largest absolute Gasteiger partial charge is 0.496 e. The van der Waals surface area contributed by atoms with Gasteiger partial charge < -0.3 is 9.84 Å². The lowest BCUT2D eigenvalue weighted by Crippen LogP contribution is -2.12. The Morgan fingerprint density at radius 1 is 1.10 bits per heavy atom. The minimum Gasteiger partial charge on any atom is -0.496 e. The van der Waals surface area contributed by atoms with Crippen LogP contribution in [0.1, 0.15) is 76.3 Å². The Kier molecular flexibility index (Phi) is 8.44. The van der Waals surface area contributed by atoms with Crippen molar-refractivity contribution in [2.24, 2.45) is 0 Å². The van der Waals surface area contributed by atoms with Crippen molar-refractivity contribution >= 4 is 0 Å². The first kappa shape index (κ1) is 18.0. The fraction of sp³-hybridized carbons (Fsp3) is 0.684. The van der Waals surface area contributed by atoms with Gasteiger partial charge in [0, 0.05) is 6.42 Å². The maximum absolute atomic E-state index is 10.3. The van der Waals surface area contributed by atoms with E-state index in [0.717, 1.165) is 24.2 Å². The Balaban J connectivity index is 2.55. The molecule has 1 N–H and O–H groups in total. The van der Waals surface area contributed by atoms with Gasteiger partial charge in [-0.1, -0.05) is 71.1 Å². The van der Waals surface area contributed by atoms with E-state index in [2.05, 4.69) is 39.0 Å². The number of aliphatic hydroxyl groups excluding tert-OH is 1. The van der Waals surface area contributed by atoms with E-state index in [0.29, 0.717) is 12.3 Å². The van der Waals surface area contributed by atoms with E-state index in [1.165, 1.54) is 31.2 Å². The molecule has 0 fully saturated rings. The summed E-state index contributed by atoms with van der Waals surface area (Å²) >= 11 is 0. The topological polar surface area (TPSA) is 29.5 Å². The van der Waals surface area contributed by atoms with Gasteiger partial charge in [-0.25, -0.2) is 0 Å². The molecule has 0 spiro atoms.